The average Bonchev–Trinajstić information content (AvgIpc) is 3.39. The average molecular weight is 635 g/mol. The second-order valence-electron chi connectivity index (χ2n) is 12.5. The molecule has 0 heterocycles. The molecule has 0 aromatic heterocycles. The van der Waals surface area contributed by atoms with E-state index in [-0.39, 0.29) is 55.9 Å². The van der Waals surface area contributed by atoms with Crippen molar-refractivity contribution in [2.24, 2.45) is 29.6 Å². The Morgan fingerprint density at radius 1 is 0.727 bits per heavy atom. The fourth-order valence-electron chi connectivity index (χ4n) is 8.66. The van der Waals surface area contributed by atoms with Crippen molar-refractivity contribution in [1.29, 1.82) is 0 Å². The first-order chi connectivity index (χ1) is 13.3. The van der Waals surface area contributed by atoms with Crippen LogP contribution in [-0.2, 0) is 26.2 Å². The Morgan fingerprint density at radius 2 is 1.39 bits per heavy atom. The molecule has 0 spiro atoms. The van der Waals surface area contributed by atoms with Gasteiger partial charge in [0.1, 0.15) is 0 Å². The maximum absolute atomic E-state index is 4.27. The van der Waals surface area contributed by atoms with E-state index in [0.29, 0.717) is 0 Å². The fourth-order valence-corrected chi connectivity index (χ4v) is 24.1. The molecule has 0 bridgehead atoms. The minimum absolute atomic E-state index is 0. The number of unbranched alkanes of at least 4 members (excludes halogenated alkanes) is 1. The Balaban J connectivity index is 0. The second-order valence-corrected chi connectivity index (χ2v) is 29.7. The smallest absolute Gasteiger partial charge is 0.358 e. The van der Waals surface area contributed by atoms with Crippen molar-refractivity contribution in [3.63, 3.8) is 0 Å². The summed E-state index contributed by atoms with van der Waals surface area (Å²) in [6, 6.07) is 0. The maximum atomic E-state index is 4.27. The normalized spacial score (nSPS) is 37.3. The first kappa shape index (κ1) is 37.0. The molecule has 4 heteroatoms. The molecule has 0 N–H and O–H groups in total. The van der Waals surface area contributed by atoms with Gasteiger partial charge in [-0.05, 0) is 59.9 Å². The summed E-state index contributed by atoms with van der Waals surface area (Å²) >= 11 is 4.27. The molecule has 8 unspecified atom stereocenters. The molecule has 4 aliphatic rings. The Bertz CT molecular complexity index is 552. The van der Waals surface area contributed by atoms with Gasteiger partial charge in [-0.2, -0.15) is 0 Å². The summed E-state index contributed by atoms with van der Waals surface area (Å²) in [5.74, 6) is 5.31. The summed E-state index contributed by atoms with van der Waals surface area (Å²) in [6.45, 7) is 13.9. The monoisotopic (exact) mass is 632 g/mol. The Morgan fingerprint density at radius 3 is 2.03 bits per heavy atom. The van der Waals surface area contributed by atoms with Crippen LogP contribution in [0.1, 0.15) is 84.0 Å². The molecule has 33 heavy (non-hydrogen) atoms. The molecule has 194 valence electrons. The van der Waals surface area contributed by atoms with Crippen LogP contribution in [0, 0.1) is 59.3 Å². The third-order valence-electron chi connectivity index (χ3n) is 11.1. The van der Waals surface area contributed by atoms with Gasteiger partial charge in [0.05, 0.1) is 0 Å². The van der Waals surface area contributed by atoms with Gasteiger partial charge in [0.2, 0.25) is 0 Å². The molecule has 0 aromatic rings. The van der Waals surface area contributed by atoms with Crippen molar-refractivity contribution in [2.45, 2.75) is 126 Å². The Hall–Kier alpha value is 1.80. The van der Waals surface area contributed by atoms with Crippen molar-refractivity contribution < 1.29 is 26.2 Å². The summed E-state index contributed by atoms with van der Waals surface area (Å²) in [6.07, 6.45) is 18.5. The minimum Gasteiger partial charge on any atom is -0.358 e. The molecule has 0 amide bonds. The van der Waals surface area contributed by atoms with Crippen LogP contribution in [0.5, 0.6) is 0 Å². The van der Waals surface area contributed by atoms with Crippen LogP contribution in [0.3, 0.4) is 0 Å². The largest absolute Gasteiger partial charge is 4.00 e. The van der Waals surface area contributed by atoms with Crippen LogP contribution < -0.4 is 0 Å². The van der Waals surface area contributed by atoms with E-state index in [1.807, 2.05) is 0 Å². The quantitative estimate of drug-likeness (QED) is 0.155. The van der Waals surface area contributed by atoms with Gasteiger partial charge >= 0.3 is 26.2 Å². The van der Waals surface area contributed by atoms with Crippen molar-refractivity contribution in [1.82, 2.24) is 0 Å². The Labute approximate surface area is 241 Å². The number of alkyl halides is 1. The number of hydrogen-bond acceptors (Lipinski definition) is 0. The van der Waals surface area contributed by atoms with Crippen LogP contribution in [0.25, 0.3) is 0 Å². The second kappa shape index (κ2) is 14.7. The summed E-state index contributed by atoms with van der Waals surface area (Å²) in [7, 11) is -2.34. The number of rotatable bonds is 6. The van der Waals surface area contributed by atoms with E-state index in [1.54, 1.807) is 44.9 Å². The summed E-state index contributed by atoms with van der Waals surface area (Å²) in [5, 5.41) is 0. The molecule has 0 aliphatic heterocycles. The molecule has 8 atom stereocenters. The van der Waals surface area contributed by atoms with Gasteiger partial charge in [-0.3, -0.25) is 0 Å². The van der Waals surface area contributed by atoms with E-state index in [4.69, 9.17) is 0 Å². The molecule has 0 aromatic carbocycles. The van der Waals surface area contributed by atoms with Crippen molar-refractivity contribution in [3.8, 4) is 0 Å². The minimum atomic E-state index is -1.19. The Kier molecular flexibility index (Phi) is 16.4. The number of fused-ring (bicyclic) bond motifs is 2. The number of halogens is 1. The zero-order valence-corrected chi connectivity index (χ0v) is 30.0. The molecule has 4 aliphatic carbocycles. The van der Waals surface area contributed by atoms with Crippen LogP contribution in [0.15, 0.2) is 0 Å². The maximum Gasteiger partial charge on any atom is 4.00 e. The summed E-state index contributed by atoms with van der Waals surface area (Å²) in [5.41, 5.74) is 2.30. The molecule has 0 nitrogen and oxygen atoms in total. The molecule has 0 saturated heterocycles. The topological polar surface area (TPSA) is 0 Å². The van der Waals surface area contributed by atoms with Gasteiger partial charge in [-0.1, -0.05) is 107 Å². The SMILES string of the molecule is CCCCC1CCC([Si](C)(C)[Si](C)(C)C2CCC3C(Br)C4CCCC4CC32)C1.[CH3-].[CH3-].[CH3-].[CH3-].[Zr+4]. The van der Waals surface area contributed by atoms with Gasteiger partial charge in [-0.15, -0.1) is 0 Å². The predicted octanol–water partition coefficient (Wildman–Crippen LogP) is 10.6. The van der Waals surface area contributed by atoms with E-state index in [0.717, 1.165) is 45.5 Å². The molecular weight excluding hydrogens is 576 g/mol. The van der Waals surface area contributed by atoms with E-state index in [9.17, 15) is 0 Å². The van der Waals surface area contributed by atoms with E-state index in [1.165, 1.54) is 32.1 Å². The standard InChI is InChI=1S/C25H47BrSi2.4CH3.Zr/c1-6-7-9-18-12-13-20(16-18)27(2,3)28(4,5)24-15-14-22-23(24)17-19-10-8-11-21(19)25(22)26;;;;;/h18-25H,6-17H2,1-5H3;4*1H3;/q;4*-1;+4. The van der Waals surface area contributed by atoms with Gasteiger partial charge in [0, 0.05) is 20.0 Å². The van der Waals surface area contributed by atoms with Crippen LogP contribution >= 0.6 is 15.9 Å². The predicted molar refractivity (Wildman–Crippen MR) is 159 cm³/mol. The van der Waals surface area contributed by atoms with Crippen molar-refractivity contribution >= 4 is 31.1 Å². The fraction of sp³-hybridized carbons (Fsp3) is 0.862. The first-order valence-corrected chi connectivity index (χ1v) is 21.0. The van der Waals surface area contributed by atoms with Crippen LogP contribution in [-0.4, -0.2) is 20.0 Å². The summed E-state index contributed by atoms with van der Waals surface area (Å²) < 4.78 is 0. The molecule has 4 rings (SSSR count). The molecular formula is C29H59BrSi2Zr. The van der Waals surface area contributed by atoms with Gasteiger partial charge < -0.3 is 29.7 Å². The van der Waals surface area contributed by atoms with Gasteiger partial charge in [0.25, 0.3) is 0 Å². The molecule has 0 radical (unpaired) electrons. The van der Waals surface area contributed by atoms with Gasteiger partial charge in [-0.25, -0.2) is 0 Å². The summed E-state index contributed by atoms with van der Waals surface area (Å²) in [4.78, 5) is 0.864. The molecule has 4 saturated carbocycles. The van der Waals surface area contributed by atoms with E-state index in [2.05, 4.69) is 49.0 Å². The van der Waals surface area contributed by atoms with Crippen LogP contribution in [0.2, 0.25) is 37.3 Å². The number of hydrogen-bond donors (Lipinski definition) is 0. The van der Waals surface area contributed by atoms with E-state index >= 15 is 0 Å². The third-order valence-corrected chi connectivity index (χ3v) is 33.2. The zero-order valence-electron chi connectivity index (χ0n) is 24.0. The van der Waals surface area contributed by atoms with Crippen LogP contribution in [0.4, 0.5) is 0 Å². The third kappa shape index (κ3) is 6.82. The zero-order chi connectivity index (χ0) is 20.1. The first-order valence-electron chi connectivity index (χ1n) is 12.9. The molecule has 4 fully saturated rings. The van der Waals surface area contributed by atoms with E-state index < -0.39 is 15.2 Å². The van der Waals surface area contributed by atoms with Crippen molar-refractivity contribution in [3.05, 3.63) is 29.7 Å². The van der Waals surface area contributed by atoms with Crippen molar-refractivity contribution in [2.75, 3.05) is 0 Å². The van der Waals surface area contributed by atoms with Gasteiger partial charge in [0.15, 0.2) is 0 Å².